The SMILES string of the molecule is CC(CN)OP(OCCCCNC(=O)C(F)(F)F)N(C(C)C)C(C)C. The van der Waals surface area contributed by atoms with Crippen LogP contribution in [0.25, 0.3) is 0 Å². The molecule has 2 unspecified atom stereocenters. The van der Waals surface area contributed by atoms with Gasteiger partial charge in [-0.2, -0.15) is 13.2 Å². The van der Waals surface area contributed by atoms with Gasteiger partial charge in [0, 0.05) is 25.2 Å². The van der Waals surface area contributed by atoms with E-state index < -0.39 is 20.6 Å². The van der Waals surface area contributed by atoms with Gasteiger partial charge in [-0.1, -0.05) is 0 Å². The Morgan fingerprint density at radius 1 is 1.16 bits per heavy atom. The summed E-state index contributed by atoms with van der Waals surface area (Å²) in [6.07, 6.45) is -4.09. The van der Waals surface area contributed by atoms with Gasteiger partial charge in [-0.15, -0.1) is 0 Å². The molecule has 3 N–H and O–H groups in total. The number of carbonyl (C=O) groups excluding carboxylic acids is 1. The molecule has 25 heavy (non-hydrogen) atoms. The van der Waals surface area contributed by atoms with Gasteiger partial charge in [0.2, 0.25) is 0 Å². The fourth-order valence-electron chi connectivity index (χ4n) is 1.99. The normalized spacial score (nSPS) is 15.0. The molecular weight excluding hydrogens is 358 g/mol. The second-order valence-corrected chi connectivity index (χ2v) is 7.66. The van der Waals surface area contributed by atoms with E-state index in [-0.39, 0.29) is 24.7 Å². The number of unbranched alkanes of at least 4 members (excludes halogenated alkanes) is 1. The van der Waals surface area contributed by atoms with Crippen LogP contribution in [0.15, 0.2) is 0 Å². The molecule has 0 aliphatic heterocycles. The van der Waals surface area contributed by atoms with Crippen LogP contribution >= 0.6 is 8.53 Å². The molecule has 0 bridgehead atoms. The van der Waals surface area contributed by atoms with E-state index in [0.717, 1.165) is 0 Å². The number of nitrogens with two attached hydrogens (primary N) is 1. The van der Waals surface area contributed by atoms with Crippen LogP contribution in [0.4, 0.5) is 13.2 Å². The first-order valence-corrected chi connectivity index (χ1v) is 9.56. The Morgan fingerprint density at radius 3 is 2.16 bits per heavy atom. The van der Waals surface area contributed by atoms with Crippen molar-refractivity contribution >= 4 is 14.4 Å². The molecule has 2 atom stereocenters. The van der Waals surface area contributed by atoms with E-state index in [4.69, 9.17) is 14.8 Å². The van der Waals surface area contributed by atoms with E-state index in [0.29, 0.717) is 26.0 Å². The van der Waals surface area contributed by atoms with Crippen molar-refractivity contribution in [3.05, 3.63) is 0 Å². The summed E-state index contributed by atoms with van der Waals surface area (Å²) in [5.41, 5.74) is 5.61. The smallest absolute Gasteiger partial charge is 0.348 e. The van der Waals surface area contributed by atoms with Crippen LogP contribution in [0.1, 0.15) is 47.5 Å². The number of hydrogen-bond donors (Lipinski definition) is 2. The van der Waals surface area contributed by atoms with Gasteiger partial charge in [-0.05, 0) is 47.5 Å². The van der Waals surface area contributed by atoms with E-state index in [9.17, 15) is 18.0 Å². The molecule has 0 aliphatic carbocycles. The van der Waals surface area contributed by atoms with Gasteiger partial charge in [-0.3, -0.25) is 4.79 Å². The zero-order valence-electron chi connectivity index (χ0n) is 15.6. The largest absolute Gasteiger partial charge is 0.471 e. The topological polar surface area (TPSA) is 76.8 Å². The zero-order chi connectivity index (χ0) is 19.6. The molecule has 0 radical (unpaired) electrons. The lowest BCUT2D eigenvalue weighted by molar-refractivity contribution is -0.173. The maximum absolute atomic E-state index is 12.1. The minimum Gasteiger partial charge on any atom is -0.348 e. The minimum atomic E-state index is -4.84. The quantitative estimate of drug-likeness (QED) is 0.396. The van der Waals surface area contributed by atoms with E-state index in [1.165, 1.54) is 0 Å². The van der Waals surface area contributed by atoms with Crippen LogP contribution in [0, 0.1) is 0 Å². The van der Waals surface area contributed by atoms with Crippen LogP contribution in [-0.2, 0) is 13.8 Å². The molecule has 1 amide bonds. The second kappa shape index (κ2) is 12.0. The summed E-state index contributed by atoms with van der Waals surface area (Å²) < 4.78 is 50.0. The highest BCUT2D eigenvalue weighted by molar-refractivity contribution is 7.44. The molecule has 0 rings (SSSR count). The Bertz CT molecular complexity index is 377. The molecule has 0 fully saturated rings. The fourth-order valence-corrected chi connectivity index (χ4v) is 3.73. The highest BCUT2D eigenvalue weighted by Crippen LogP contribution is 2.46. The van der Waals surface area contributed by atoms with Crippen molar-refractivity contribution in [1.29, 1.82) is 0 Å². The Labute approximate surface area is 149 Å². The highest BCUT2D eigenvalue weighted by Gasteiger charge is 2.38. The number of nitrogens with one attached hydrogen (secondary N) is 1. The summed E-state index contributed by atoms with van der Waals surface area (Å²) in [4.78, 5) is 10.7. The van der Waals surface area contributed by atoms with E-state index in [2.05, 4.69) is 4.67 Å². The van der Waals surface area contributed by atoms with Crippen molar-refractivity contribution in [3.8, 4) is 0 Å². The number of amides is 1. The average molecular weight is 389 g/mol. The van der Waals surface area contributed by atoms with Crippen molar-refractivity contribution in [1.82, 2.24) is 9.99 Å². The monoisotopic (exact) mass is 389 g/mol. The summed E-state index contributed by atoms with van der Waals surface area (Å²) in [5, 5.41) is 1.84. The van der Waals surface area contributed by atoms with Crippen molar-refractivity contribution in [2.45, 2.75) is 71.8 Å². The molecule has 0 aromatic carbocycles. The third-order valence-electron chi connectivity index (χ3n) is 3.16. The van der Waals surface area contributed by atoms with Crippen LogP contribution in [0.2, 0.25) is 0 Å². The zero-order valence-corrected chi connectivity index (χ0v) is 16.5. The number of carbonyl (C=O) groups is 1. The Hall–Kier alpha value is -0.470. The lowest BCUT2D eigenvalue weighted by Gasteiger charge is -2.36. The summed E-state index contributed by atoms with van der Waals surface area (Å²) in [6, 6.07) is 0.421. The molecular formula is C15H31F3N3O3P. The van der Waals surface area contributed by atoms with Gasteiger partial charge in [0.05, 0.1) is 12.7 Å². The predicted octanol–water partition coefficient (Wildman–Crippen LogP) is 3.17. The Morgan fingerprint density at radius 2 is 1.72 bits per heavy atom. The average Bonchev–Trinajstić information content (AvgIpc) is 2.48. The summed E-state index contributed by atoms with van der Waals surface area (Å²) in [5.74, 6) is -1.92. The first-order valence-electron chi connectivity index (χ1n) is 8.43. The van der Waals surface area contributed by atoms with Crippen LogP contribution < -0.4 is 11.1 Å². The lowest BCUT2D eigenvalue weighted by Crippen LogP contribution is -2.37. The molecule has 0 spiro atoms. The van der Waals surface area contributed by atoms with Crippen molar-refractivity contribution in [3.63, 3.8) is 0 Å². The molecule has 0 heterocycles. The molecule has 0 aromatic heterocycles. The molecule has 0 aromatic rings. The second-order valence-electron chi connectivity index (χ2n) is 6.25. The maximum atomic E-state index is 12.1. The van der Waals surface area contributed by atoms with Crippen molar-refractivity contribution in [2.24, 2.45) is 5.73 Å². The number of alkyl halides is 3. The predicted molar refractivity (Wildman–Crippen MR) is 92.9 cm³/mol. The number of rotatable bonds is 12. The number of halogens is 3. The van der Waals surface area contributed by atoms with E-state index >= 15 is 0 Å². The molecule has 10 heteroatoms. The minimum absolute atomic E-state index is 0.0439. The third kappa shape index (κ3) is 10.3. The van der Waals surface area contributed by atoms with Gasteiger partial charge in [0.25, 0.3) is 8.53 Å². The summed E-state index contributed by atoms with van der Waals surface area (Å²) in [7, 11) is -1.31. The van der Waals surface area contributed by atoms with Gasteiger partial charge in [0.15, 0.2) is 0 Å². The molecule has 0 saturated carbocycles. The fraction of sp³-hybridized carbons (Fsp3) is 0.933. The highest BCUT2D eigenvalue weighted by atomic mass is 31.2. The molecule has 0 saturated heterocycles. The molecule has 0 aliphatic rings. The van der Waals surface area contributed by atoms with Crippen molar-refractivity contribution < 1.29 is 27.0 Å². The summed E-state index contributed by atoms with van der Waals surface area (Å²) in [6.45, 7) is 10.7. The van der Waals surface area contributed by atoms with Crippen LogP contribution in [0.5, 0.6) is 0 Å². The van der Waals surface area contributed by atoms with Gasteiger partial charge in [-0.25, -0.2) is 4.67 Å². The number of hydrogen-bond acceptors (Lipinski definition) is 5. The van der Waals surface area contributed by atoms with Crippen LogP contribution in [0.3, 0.4) is 0 Å². The lowest BCUT2D eigenvalue weighted by atomic mass is 10.3. The third-order valence-corrected chi connectivity index (χ3v) is 5.41. The molecule has 6 nitrogen and oxygen atoms in total. The number of nitrogens with zero attached hydrogens (tertiary/aromatic N) is 1. The van der Waals surface area contributed by atoms with Crippen molar-refractivity contribution in [2.75, 3.05) is 19.7 Å². The van der Waals surface area contributed by atoms with Gasteiger partial charge < -0.3 is 20.1 Å². The van der Waals surface area contributed by atoms with E-state index in [1.54, 1.807) is 0 Å². The first-order chi connectivity index (χ1) is 11.5. The van der Waals surface area contributed by atoms with Gasteiger partial charge in [0.1, 0.15) is 0 Å². The van der Waals surface area contributed by atoms with Crippen LogP contribution in [-0.4, -0.2) is 54.6 Å². The maximum Gasteiger partial charge on any atom is 0.471 e. The standard InChI is InChI=1S/C15H31F3N3O3P/c1-11(2)21(12(3)4)25(24-13(5)10-19)23-9-7-6-8-20-14(22)15(16,17)18/h11-13H,6-10,19H2,1-5H3,(H,20,22). The van der Waals surface area contributed by atoms with E-state index in [1.807, 2.05) is 39.9 Å². The molecule has 150 valence electrons. The van der Waals surface area contributed by atoms with Gasteiger partial charge >= 0.3 is 12.1 Å². The first kappa shape index (κ1) is 24.5. The Kier molecular flexibility index (Phi) is 11.8. The Balaban J connectivity index is 4.37. The summed E-state index contributed by atoms with van der Waals surface area (Å²) >= 11 is 0.